The SMILES string of the molecule is CCOc1ccccc1NC(=O)COc1c(Br)cc(Br)cc1Br. The first-order chi connectivity index (χ1) is 11.0. The Morgan fingerprint density at radius 2 is 1.74 bits per heavy atom. The van der Waals surface area contributed by atoms with Gasteiger partial charge >= 0.3 is 0 Å². The second kappa shape index (κ2) is 8.70. The molecule has 0 spiro atoms. The molecule has 0 saturated carbocycles. The topological polar surface area (TPSA) is 47.6 Å². The van der Waals surface area contributed by atoms with E-state index in [4.69, 9.17) is 9.47 Å². The molecule has 0 unspecified atom stereocenters. The Balaban J connectivity index is 2.01. The zero-order valence-corrected chi connectivity index (χ0v) is 17.0. The van der Waals surface area contributed by atoms with Crippen LogP contribution in [-0.2, 0) is 4.79 Å². The number of hydrogen-bond acceptors (Lipinski definition) is 3. The molecular formula is C16H14Br3NO3. The van der Waals surface area contributed by atoms with Crippen LogP contribution in [0.3, 0.4) is 0 Å². The summed E-state index contributed by atoms with van der Waals surface area (Å²) in [5.41, 5.74) is 0.622. The third-order valence-corrected chi connectivity index (χ3v) is 4.41. The minimum Gasteiger partial charge on any atom is -0.492 e. The average molecular weight is 508 g/mol. The van der Waals surface area contributed by atoms with E-state index < -0.39 is 0 Å². The number of carbonyl (C=O) groups excluding carboxylic acids is 1. The first-order valence-corrected chi connectivity index (χ1v) is 9.18. The van der Waals surface area contributed by atoms with Crippen LogP contribution in [-0.4, -0.2) is 19.1 Å². The largest absolute Gasteiger partial charge is 0.492 e. The minimum atomic E-state index is -0.265. The molecule has 0 fully saturated rings. The van der Waals surface area contributed by atoms with Gasteiger partial charge in [-0.2, -0.15) is 0 Å². The molecule has 2 aromatic rings. The fourth-order valence-corrected chi connectivity index (χ4v) is 4.33. The minimum absolute atomic E-state index is 0.112. The van der Waals surface area contributed by atoms with Crippen molar-refractivity contribution in [3.05, 3.63) is 49.8 Å². The number of carbonyl (C=O) groups is 1. The van der Waals surface area contributed by atoms with E-state index in [0.29, 0.717) is 23.8 Å². The van der Waals surface area contributed by atoms with Crippen LogP contribution in [0, 0.1) is 0 Å². The molecule has 1 N–H and O–H groups in total. The maximum absolute atomic E-state index is 12.1. The molecule has 0 aliphatic rings. The highest BCUT2D eigenvalue weighted by molar-refractivity contribution is 9.11. The molecule has 0 aromatic heterocycles. The van der Waals surface area contributed by atoms with Crippen molar-refractivity contribution < 1.29 is 14.3 Å². The zero-order chi connectivity index (χ0) is 16.8. The van der Waals surface area contributed by atoms with Crippen molar-refractivity contribution in [1.29, 1.82) is 0 Å². The molecule has 1 amide bonds. The van der Waals surface area contributed by atoms with E-state index in [0.717, 1.165) is 13.4 Å². The van der Waals surface area contributed by atoms with E-state index in [1.165, 1.54) is 0 Å². The van der Waals surface area contributed by atoms with E-state index in [9.17, 15) is 4.79 Å². The molecule has 7 heteroatoms. The Kier molecular flexibility index (Phi) is 6.92. The number of benzene rings is 2. The van der Waals surface area contributed by atoms with Crippen LogP contribution in [0.4, 0.5) is 5.69 Å². The summed E-state index contributed by atoms with van der Waals surface area (Å²) in [6.07, 6.45) is 0. The van der Waals surface area contributed by atoms with Gasteiger partial charge in [-0.1, -0.05) is 28.1 Å². The lowest BCUT2D eigenvalue weighted by atomic mass is 10.3. The smallest absolute Gasteiger partial charge is 0.262 e. The van der Waals surface area contributed by atoms with Crippen molar-refractivity contribution in [3.63, 3.8) is 0 Å². The number of rotatable bonds is 6. The molecule has 0 aliphatic heterocycles. The first-order valence-electron chi connectivity index (χ1n) is 6.80. The number of ether oxygens (including phenoxy) is 2. The third kappa shape index (κ3) is 5.22. The molecule has 23 heavy (non-hydrogen) atoms. The molecule has 2 rings (SSSR count). The van der Waals surface area contributed by atoms with E-state index >= 15 is 0 Å². The molecule has 0 aliphatic carbocycles. The van der Waals surface area contributed by atoms with Gasteiger partial charge in [-0.25, -0.2) is 0 Å². The lowest BCUT2D eigenvalue weighted by molar-refractivity contribution is -0.118. The van der Waals surface area contributed by atoms with Crippen LogP contribution in [0.2, 0.25) is 0 Å². The van der Waals surface area contributed by atoms with Gasteiger partial charge in [-0.3, -0.25) is 4.79 Å². The standard InChI is InChI=1S/C16H14Br3NO3/c1-2-22-14-6-4-3-5-13(14)20-15(21)9-23-16-11(18)7-10(17)8-12(16)19/h3-8H,2,9H2,1H3,(H,20,21). The Hall–Kier alpha value is -1.05. The van der Waals surface area contributed by atoms with Crippen molar-refractivity contribution in [2.75, 3.05) is 18.5 Å². The normalized spacial score (nSPS) is 10.3. The third-order valence-electron chi connectivity index (χ3n) is 2.77. The van der Waals surface area contributed by atoms with Crippen molar-refractivity contribution >= 4 is 59.4 Å². The molecule has 0 bridgehead atoms. The van der Waals surface area contributed by atoms with Crippen LogP contribution >= 0.6 is 47.8 Å². The highest BCUT2D eigenvalue weighted by Gasteiger charge is 2.12. The zero-order valence-electron chi connectivity index (χ0n) is 12.2. The molecule has 0 heterocycles. The number of amides is 1. The summed E-state index contributed by atoms with van der Waals surface area (Å²) in [6, 6.07) is 11.0. The summed E-state index contributed by atoms with van der Waals surface area (Å²) >= 11 is 10.2. The Morgan fingerprint density at radius 3 is 2.39 bits per heavy atom. The number of anilines is 1. The average Bonchev–Trinajstić information content (AvgIpc) is 2.48. The second-order valence-electron chi connectivity index (χ2n) is 4.46. The van der Waals surface area contributed by atoms with E-state index in [-0.39, 0.29) is 12.5 Å². The molecule has 0 atom stereocenters. The van der Waals surface area contributed by atoms with E-state index in [2.05, 4.69) is 53.1 Å². The monoisotopic (exact) mass is 505 g/mol. The van der Waals surface area contributed by atoms with Crippen molar-refractivity contribution in [2.24, 2.45) is 0 Å². The van der Waals surface area contributed by atoms with Gasteiger partial charge in [-0.05, 0) is 63.0 Å². The Bertz CT molecular complexity index is 684. The van der Waals surface area contributed by atoms with E-state index in [1.54, 1.807) is 6.07 Å². The van der Waals surface area contributed by atoms with Crippen molar-refractivity contribution in [2.45, 2.75) is 6.92 Å². The van der Waals surface area contributed by atoms with Crippen LogP contribution in [0.15, 0.2) is 49.8 Å². The number of halogens is 3. The number of nitrogens with one attached hydrogen (secondary N) is 1. The highest BCUT2D eigenvalue weighted by Crippen LogP contribution is 2.36. The fourth-order valence-electron chi connectivity index (χ4n) is 1.84. The van der Waals surface area contributed by atoms with Crippen LogP contribution in [0.5, 0.6) is 11.5 Å². The summed E-state index contributed by atoms with van der Waals surface area (Å²) in [5.74, 6) is 0.940. The lowest BCUT2D eigenvalue weighted by Crippen LogP contribution is -2.20. The lowest BCUT2D eigenvalue weighted by Gasteiger charge is -2.13. The molecular weight excluding hydrogens is 494 g/mol. The van der Waals surface area contributed by atoms with Gasteiger partial charge in [0.1, 0.15) is 11.5 Å². The Labute approximate surface area is 159 Å². The fraction of sp³-hybridized carbons (Fsp3) is 0.188. The van der Waals surface area contributed by atoms with Gasteiger partial charge in [0.05, 0.1) is 21.2 Å². The number of hydrogen-bond donors (Lipinski definition) is 1. The molecule has 0 radical (unpaired) electrons. The summed E-state index contributed by atoms with van der Waals surface area (Å²) in [6.45, 7) is 2.31. The summed E-state index contributed by atoms with van der Waals surface area (Å²) < 4.78 is 13.5. The molecule has 0 saturated heterocycles. The Morgan fingerprint density at radius 1 is 1.09 bits per heavy atom. The van der Waals surface area contributed by atoms with Crippen LogP contribution in [0.25, 0.3) is 0 Å². The summed E-state index contributed by atoms with van der Waals surface area (Å²) in [4.78, 5) is 12.1. The highest BCUT2D eigenvalue weighted by atomic mass is 79.9. The van der Waals surface area contributed by atoms with Gasteiger partial charge in [0.15, 0.2) is 6.61 Å². The predicted octanol–water partition coefficient (Wildman–Crippen LogP) is 5.39. The molecule has 122 valence electrons. The first kappa shape index (κ1) is 18.3. The van der Waals surface area contributed by atoms with Gasteiger partial charge < -0.3 is 14.8 Å². The van der Waals surface area contributed by atoms with Crippen molar-refractivity contribution in [1.82, 2.24) is 0 Å². The van der Waals surface area contributed by atoms with Crippen LogP contribution in [0.1, 0.15) is 6.92 Å². The van der Waals surface area contributed by atoms with Crippen LogP contribution < -0.4 is 14.8 Å². The quantitative estimate of drug-likeness (QED) is 0.570. The van der Waals surface area contributed by atoms with E-state index in [1.807, 2.05) is 37.3 Å². The van der Waals surface area contributed by atoms with Crippen molar-refractivity contribution in [3.8, 4) is 11.5 Å². The van der Waals surface area contributed by atoms with Gasteiger partial charge in [0.25, 0.3) is 5.91 Å². The predicted molar refractivity (Wildman–Crippen MR) is 101 cm³/mol. The van der Waals surface area contributed by atoms with Gasteiger partial charge in [-0.15, -0.1) is 0 Å². The molecule has 2 aromatic carbocycles. The molecule has 4 nitrogen and oxygen atoms in total. The number of para-hydroxylation sites is 2. The summed E-state index contributed by atoms with van der Waals surface area (Å²) in [7, 11) is 0. The van der Waals surface area contributed by atoms with Gasteiger partial charge in [0, 0.05) is 4.47 Å². The maximum Gasteiger partial charge on any atom is 0.262 e. The summed E-state index contributed by atoms with van der Waals surface area (Å²) in [5, 5.41) is 2.79. The second-order valence-corrected chi connectivity index (χ2v) is 7.09. The van der Waals surface area contributed by atoms with Gasteiger partial charge in [0.2, 0.25) is 0 Å². The maximum atomic E-state index is 12.1.